The number of hydrogen-bond acceptors (Lipinski definition) is 5. The van der Waals surface area contributed by atoms with Gasteiger partial charge in [0.25, 0.3) is 0 Å². The van der Waals surface area contributed by atoms with Crippen LogP contribution in [0.25, 0.3) is 0 Å². The predicted octanol–water partition coefficient (Wildman–Crippen LogP) is 2.49. The summed E-state index contributed by atoms with van der Waals surface area (Å²) < 4.78 is 0. The molecular weight excluding hydrogens is 346 g/mol. The number of benzene rings is 1. The number of phenols is 1. The van der Waals surface area contributed by atoms with Crippen molar-refractivity contribution < 1.29 is 5.11 Å². The largest absolute Gasteiger partial charge is 0.506 e. The zero-order chi connectivity index (χ0) is 18.4. The van der Waals surface area contributed by atoms with Crippen molar-refractivity contribution in [2.24, 2.45) is 4.99 Å². The molecule has 7 heteroatoms. The van der Waals surface area contributed by atoms with E-state index in [-0.39, 0.29) is 0 Å². The Morgan fingerprint density at radius 2 is 2.04 bits per heavy atom. The fraction of sp³-hybridized carbons (Fsp3) is 0.474. The summed E-state index contributed by atoms with van der Waals surface area (Å²) in [4.78, 5) is 13.4. The number of rotatable bonds is 5. The molecule has 0 saturated carbocycles. The van der Waals surface area contributed by atoms with Gasteiger partial charge in [-0.3, -0.25) is 4.99 Å². The second kappa shape index (κ2) is 8.89. The number of thiazole rings is 1. The topological polar surface area (TPSA) is 64.0 Å². The highest BCUT2D eigenvalue weighted by Gasteiger charge is 2.21. The average molecular weight is 374 g/mol. The molecule has 0 spiro atoms. The number of nitrogens with one attached hydrogen (secondary N) is 1. The molecule has 1 aromatic heterocycles. The van der Waals surface area contributed by atoms with Crippen LogP contribution in [0.4, 0.5) is 5.69 Å². The van der Waals surface area contributed by atoms with Gasteiger partial charge in [-0.05, 0) is 25.5 Å². The van der Waals surface area contributed by atoms with E-state index in [1.807, 2.05) is 32.2 Å². The number of aliphatic imine (C=N–C) groups is 1. The van der Waals surface area contributed by atoms with Crippen LogP contribution in [0.5, 0.6) is 5.75 Å². The van der Waals surface area contributed by atoms with Gasteiger partial charge in [0, 0.05) is 57.3 Å². The Morgan fingerprint density at radius 3 is 2.69 bits per heavy atom. The first-order chi connectivity index (χ1) is 12.7. The van der Waals surface area contributed by atoms with E-state index in [0.717, 1.165) is 62.9 Å². The zero-order valence-electron chi connectivity index (χ0n) is 15.5. The van der Waals surface area contributed by atoms with Crippen LogP contribution in [-0.2, 0) is 6.42 Å². The quantitative estimate of drug-likeness (QED) is 0.479. The molecule has 1 aliphatic rings. The number of nitrogens with zero attached hydrogens (tertiary/aromatic N) is 4. The van der Waals surface area contributed by atoms with Crippen LogP contribution in [0, 0.1) is 6.92 Å². The summed E-state index contributed by atoms with van der Waals surface area (Å²) in [7, 11) is 1.84. The molecule has 0 unspecified atom stereocenters. The molecule has 0 aliphatic carbocycles. The Balaban J connectivity index is 1.44. The van der Waals surface area contributed by atoms with E-state index in [2.05, 4.69) is 30.5 Å². The summed E-state index contributed by atoms with van der Waals surface area (Å²) in [5, 5.41) is 16.8. The molecule has 2 N–H and O–H groups in total. The van der Waals surface area contributed by atoms with Gasteiger partial charge in [-0.15, -0.1) is 11.3 Å². The van der Waals surface area contributed by atoms with Crippen molar-refractivity contribution in [3.8, 4) is 5.75 Å². The molecule has 1 aliphatic heterocycles. The van der Waals surface area contributed by atoms with E-state index < -0.39 is 0 Å². The van der Waals surface area contributed by atoms with Gasteiger partial charge in [0.1, 0.15) is 5.75 Å². The van der Waals surface area contributed by atoms with Crippen molar-refractivity contribution in [1.82, 2.24) is 15.2 Å². The minimum absolute atomic E-state index is 0.348. The van der Waals surface area contributed by atoms with E-state index in [0.29, 0.717) is 5.75 Å². The van der Waals surface area contributed by atoms with Gasteiger partial charge in [-0.1, -0.05) is 12.1 Å². The number of guanidine groups is 1. The Hall–Kier alpha value is -2.28. The van der Waals surface area contributed by atoms with Crippen molar-refractivity contribution in [2.75, 3.05) is 44.7 Å². The van der Waals surface area contributed by atoms with Gasteiger partial charge in [0.2, 0.25) is 0 Å². The number of hydrogen-bond donors (Lipinski definition) is 2. The summed E-state index contributed by atoms with van der Waals surface area (Å²) >= 11 is 1.74. The summed E-state index contributed by atoms with van der Waals surface area (Å²) in [6.45, 7) is 6.45. The van der Waals surface area contributed by atoms with E-state index in [1.165, 1.54) is 5.01 Å². The Morgan fingerprint density at radius 1 is 1.27 bits per heavy atom. The standard InChI is InChI=1S/C19H27N5OS/c1-15-14-26-18(22-15)8-5-9-21-19(20-2)24-12-10-23(11-13-24)16-6-3-4-7-17(16)25/h3-4,6-7,14,25H,5,8-13H2,1-2H3,(H,20,21). The maximum atomic E-state index is 10.0. The fourth-order valence-electron chi connectivity index (χ4n) is 3.18. The van der Waals surface area contributed by atoms with Gasteiger partial charge >= 0.3 is 0 Å². The number of aromatic nitrogens is 1. The first kappa shape index (κ1) is 18.5. The molecule has 3 rings (SSSR count). The third kappa shape index (κ3) is 4.66. The lowest BCUT2D eigenvalue weighted by Crippen LogP contribution is -2.52. The molecule has 140 valence electrons. The second-order valence-electron chi connectivity index (χ2n) is 6.42. The van der Waals surface area contributed by atoms with Crippen molar-refractivity contribution in [3.05, 3.63) is 40.3 Å². The van der Waals surface area contributed by atoms with Gasteiger partial charge < -0.3 is 20.2 Å². The summed E-state index contributed by atoms with van der Waals surface area (Å²) in [5.74, 6) is 1.30. The molecule has 1 fully saturated rings. The predicted molar refractivity (Wildman–Crippen MR) is 108 cm³/mol. The molecule has 2 aromatic rings. The molecule has 6 nitrogen and oxygen atoms in total. The van der Waals surface area contributed by atoms with Crippen molar-refractivity contribution >= 4 is 23.0 Å². The molecular formula is C19H27N5OS. The molecule has 0 atom stereocenters. The summed E-state index contributed by atoms with van der Waals surface area (Å²) in [6.07, 6.45) is 2.05. The van der Waals surface area contributed by atoms with Crippen molar-refractivity contribution in [2.45, 2.75) is 19.8 Å². The lowest BCUT2D eigenvalue weighted by atomic mass is 10.2. The monoisotopic (exact) mass is 373 g/mol. The first-order valence-electron chi connectivity index (χ1n) is 9.07. The highest BCUT2D eigenvalue weighted by Crippen LogP contribution is 2.27. The second-order valence-corrected chi connectivity index (χ2v) is 7.37. The minimum atomic E-state index is 0.348. The van der Waals surface area contributed by atoms with Crippen LogP contribution in [0.15, 0.2) is 34.6 Å². The van der Waals surface area contributed by atoms with Crippen LogP contribution in [0.3, 0.4) is 0 Å². The normalized spacial score (nSPS) is 15.4. The maximum absolute atomic E-state index is 10.0. The average Bonchev–Trinajstić information content (AvgIpc) is 3.08. The van der Waals surface area contributed by atoms with Gasteiger partial charge in [0.05, 0.1) is 10.7 Å². The first-order valence-corrected chi connectivity index (χ1v) is 9.95. The lowest BCUT2D eigenvalue weighted by Gasteiger charge is -2.37. The van der Waals surface area contributed by atoms with Crippen LogP contribution in [0.2, 0.25) is 0 Å². The van der Waals surface area contributed by atoms with Crippen molar-refractivity contribution in [1.29, 1.82) is 0 Å². The third-order valence-corrected chi connectivity index (χ3v) is 5.56. The fourth-order valence-corrected chi connectivity index (χ4v) is 4.00. The Bertz CT molecular complexity index is 737. The number of para-hydroxylation sites is 2. The molecule has 1 aromatic carbocycles. The van der Waals surface area contributed by atoms with E-state index in [1.54, 1.807) is 17.4 Å². The van der Waals surface area contributed by atoms with Crippen LogP contribution < -0.4 is 10.2 Å². The minimum Gasteiger partial charge on any atom is -0.506 e. The van der Waals surface area contributed by atoms with Crippen LogP contribution in [-0.4, -0.2) is 60.7 Å². The van der Waals surface area contributed by atoms with E-state index >= 15 is 0 Å². The van der Waals surface area contributed by atoms with E-state index in [4.69, 9.17) is 0 Å². The van der Waals surface area contributed by atoms with Crippen molar-refractivity contribution in [3.63, 3.8) is 0 Å². The van der Waals surface area contributed by atoms with Crippen LogP contribution >= 0.6 is 11.3 Å². The number of phenolic OH excluding ortho intramolecular Hbond substituents is 1. The lowest BCUT2D eigenvalue weighted by molar-refractivity contribution is 0.369. The Kier molecular flexibility index (Phi) is 6.33. The molecule has 1 saturated heterocycles. The van der Waals surface area contributed by atoms with Gasteiger partial charge in [-0.2, -0.15) is 0 Å². The zero-order valence-corrected chi connectivity index (χ0v) is 16.3. The van der Waals surface area contributed by atoms with E-state index in [9.17, 15) is 5.11 Å². The summed E-state index contributed by atoms with van der Waals surface area (Å²) in [5.41, 5.74) is 2.02. The van der Waals surface area contributed by atoms with Gasteiger partial charge in [-0.25, -0.2) is 4.98 Å². The summed E-state index contributed by atoms with van der Waals surface area (Å²) in [6, 6.07) is 7.53. The highest BCUT2D eigenvalue weighted by atomic mass is 32.1. The third-order valence-electron chi connectivity index (χ3n) is 4.53. The number of piperazine rings is 1. The number of aryl methyl sites for hydroxylation is 2. The maximum Gasteiger partial charge on any atom is 0.193 e. The number of anilines is 1. The van der Waals surface area contributed by atoms with Crippen LogP contribution in [0.1, 0.15) is 17.1 Å². The number of aromatic hydroxyl groups is 1. The SMILES string of the molecule is CN=C(NCCCc1nc(C)cs1)N1CCN(c2ccccc2O)CC1. The highest BCUT2D eigenvalue weighted by molar-refractivity contribution is 7.09. The Labute approximate surface area is 159 Å². The smallest absolute Gasteiger partial charge is 0.193 e. The molecule has 0 amide bonds. The van der Waals surface area contributed by atoms with Gasteiger partial charge in [0.15, 0.2) is 5.96 Å². The molecule has 26 heavy (non-hydrogen) atoms. The molecule has 0 bridgehead atoms. The molecule has 0 radical (unpaired) electrons. The molecule has 2 heterocycles.